The number of hydrogen-bond acceptors (Lipinski definition) is 14. The molecule has 9 aromatic heterocycles. The van der Waals surface area contributed by atoms with Crippen molar-refractivity contribution >= 4 is 95.8 Å². The molecule has 3 aliphatic heterocycles. The van der Waals surface area contributed by atoms with E-state index in [1.165, 1.54) is 19.3 Å². The van der Waals surface area contributed by atoms with E-state index in [1.54, 1.807) is 18.6 Å². The molecule has 4 aliphatic rings. The summed E-state index contributed by atoms with van der Waals surface area (Å²) in [6, 6.07) is 46.9. The number of piperidine rings is 3. The minimum absolute atomic E-state index is 0.0824. The lowest BCUT2D eigenvalue weighted by Crippen LogP contribution is -2.42. The highest BCUT2D eigenvalue weighted by atomic mass is 16.2. The summed E-state index contributed by atoms with van der Waals surface area (Å²) in [6.07, 6.45) is 22.5. The van der Waals surface area contributed by atoms with Gasteiger partial charge < -0.3 is 56.7 Å². The number of hydrogen-bond donors (Lipinski definition) is 6. The second kappa shape index (κ2) is 29.3. The van der Waals surface area contributed by atoms with Crippen LogP contribution in [0.2, 0.25) is 0 Å². The highest BCUT2D eigenvalue weighted by Gasteiger charge is 2.35. The van der Waals surface area contributed by atoms with Gasteiger partial charge >= 0.3 is 0 Å². The number of nitrogens with zero attached hydrogens (tertiary/aromatic N) is 14. The van der Waals surface area contributed by atoms with Gasteiger partial charge in [-0.1, -0.05) is 86.0 Å². The van der Waals surface area contributed by atoms with Gasteiger partial charge in [-0.3, -0.25) is 27.6 Å². The first-order chi connectivity index (χ1) is 51.7. The second-order valence-corrected chi connectivity index (χ2v) is 29.2. The number of H-pyrrole nitrogens is 3. The zero-order valence-electron chi connectivity index (χ0n) is 60.5. The van der Waals surface area contributed by atoms with Gasteiger partial charge in [0.15, 0.2) is 0 Å². The molecule has 23 nitrogen and oxygen atoms in total. The number of imidazole rings is 3. The lowest BCUT2D eigenvalue weighted by molar-refractivity contribution is -0.137. The van der Waals surface area contributed by atoms with Crippen LogP contribution in [-0.2, 0) is 16.0 Å². The number of nitrogen functional groups attached to an aromatic ring is 3. The van der Waals surface area contributed by atoms with E-state index >= 15 is 0 Å². The Morgan fingerprint density at radius 2 is 0.792 bits per heavy atom. The largest absolute Gasteiger partial charge is 0.382 e. The molecule has 14 aromatic rings. The molecule has 4 fully saturated rings. The molecule has 1 saturated carbocycles. The average Bonchev–Trinajstić information content (AvgIpc) is 1.61. The molecule has 0 radical (unpaired) electrons. The Hall–Kier alpha value is -12.0. The SMILES string of the molecule is CN(C)c1ccc(C(=O)N2CCC(c3nc(-c4cc5ccccc5[nH]4)c4c(N)nccn34)CC2)cc1.CN(C)c1ccc(CC(=O)N2CCC(c3nc(-c4cc5ccccc5[nH]4)c4c(N)nccn34)CC2)cc1.Nc1nccn2c(C3CCN(C(=O)C4CCCCC4)CC3)nc(-c3cc4ccccc4[nH]3)c12. The Morgan fingerprint density at radius 3 is 1.17 bits per heavy atom. The molecule has 23 heteroatoms. The lowest BCUT2D eigenvalue weighted by Gasteiger charge is -2.34. The van der Waals surface area contributed by atoms with Crippen molar-refractivity contribution in [2.24, 2.45) is 5.92 Å². The molecule has 540 valence electrons. The lowest BCUT2D eigenvalue weighted by atomic mass is 9.87. The van der Waals surface area contributed by atoms with E-state index in [9.17, 15) is 14.4 Å². The molecule has 9 N–H and O–H groups in total. The first-order valence-electron chi connectivity index (χ1n) is 37.2. The van der Waals surface area contributed by atoms with Crippen molar-refractivity contribution in [1.82, 2.24) is 72.8 Å². The van der Waals surface area contributed by atoms with Crippen molar-refractivity contribution in [3.63, 3.8) is 0 Å². The van der Waals surface area contributed by atoms with Crippen LogP contribution in [0.25, 0.3) is 83.4 Å². The van der Waals surface area contributed by atoms with Gasteiger partial charge in [-0.25, -0.2) is 29.9 Å². The van der Waals surface area contributed by atoms with Crippen molar-refractivity contribution in [1.29, 1.82) is 0 Å². The summed E-state index contributed by atoms with van der Waals surface area (Å²) in [5, 5.41) is 3.40. The maximum atomic E-state index is 13.1. The van der Waals surface area contributed by atoms with E-state index in [-0.39, 0.29) is 35.5 Å². The molecule has 0 unspecified atom stereocenters. The average molecular weight is 1420 g/mol. The highest BCUT2D eigenvalue weighted by molar-refractivity contribution is 5.96. The van der Waals surface area contributed by atoms with Crippen LogP contribution >= 0.6 is 0 Å². The zero-order valence-corrected chi connectivity index (χ0v) is 60.5. The number of benzene rings is 5. The number of fused-ring (bicyclic) bond motifs is 6. The van der Waals surface area contributed by atoms with Crippen LogP contribution in [0.5, 0.6) is 0 Å². The third kappa shape index (κ3) is 13.6. The molecule has 5 aromatic carbocycles. The van der Waals surface area contributed by atoms with Crippen LogP contribution in [0.15, 0.2) is 177 Å². The molecule has 106 heavy (non-hydrogen) atoms. The summed E-state index contributed by atoms with van der Waals surface area (Å²) in [7, 11) is 8.02. The fourth-order valence-electron chi connectivity index (χ4n) is 16.3. The summed E-state index contributed by atoms with van der Waals surface area (Å²) in [5.74, 6) is 5.96. The van der Waals surface area contributed by atoms with Gasteiger partial charge in [0.25, 0.3) is 5.91 Å². The van der Waals surface area contributed by atoms with Gasteiger partial charge in [-0.15, -0.1) is 0 Å². The molecule has 0 bridgehead atoms. The number of aromatic nitrogens is 12. The van der Waals surface area contributed by atoms with Crippen LogP contribution in [0, 0.1) is 5.92 Å². The smallest absolute Gasteiger partial charge is 0.253 e. The maximum absolute atomic E-state index is 13.1. The predicted octanol–water partition coefficient (Wildman–Crippen LogP) is 13.8. The monoisotopic (exact) mass is 1410 g/mol. The van der Waals surface area contributed by atoms with Gasteiger partial charge in [-0.05, 0) is 130 Å². The number of para-hydroxylation sites is 3. The molecular weight excluding hydrogens is 1330 g/mol. The van der Waals surface area contributed by atoms with E-state index < -0.39 is 0 Å². The molecule has 3 amide bonds. The van der Waals surface area contributed by atoms with Gasteiger partial charge in [0.05, 0.1) is 23.5 Å². The van der Waals surface area contributed by atoms with Crippen LogP contribution in [0.3, 0.4) is 0 Å². The molecule has 0 spiro atoms. The zero-order chi connectivity index (χ0) is 72.7. The number of carbonyl (C=O) groups excluding carboxylic acids is 3. The Kier molecular flexibility index (Phi) is 18.9. The molecule has 0 atom stereocenters. The number of likely N-dealkylation sites (tertiary alicyclic amines) is 3. The van der Waals surface area contributed by atoms with E-state index in [4.69, 9.17) is 32.2 Å². The second-order valence-electron chi connectivity index (χ2n) is 29.2. The topological polar surface area (TPSA) is 283 Å². The van der Waals surface area contributed by atoms with Crippen LogP contribution in [-0.4, -0.2) is 158 Å². The third-order valence-corrected chi connectivity index (χ3v) is 22.1. The Bertz CT molecular complexity index is 5410. The van der Waals surface area contributed by atoms with E-state index in [2.05, 4.69) is 120 Å². The first kappa shape index (κ1) is 68.4. The molecule has 18 rings (SSSR count). The Morgan fingerprint density at radius 1 is 0.434 bits per heavy atom. The van der Waals surface area contributed by atoms with Gasteiger partial charge in [0, 0.05) is 178 Å². The minimum atomic E-state index is 0.0824. The van der Waals surface area contributed by atoms with Crippen LogP contribution in [0.1, 0.15) is 122 Å². The number of aromatic amines is 3. The maximum Gasteiger partial charge on any atom is 0.253 e. The standard InChI is InChI=1S/C29H31N7O.C28H29N7O.C26H30N6O/c1-34(2)22-9-7-19(8-10-22)17-25(37)35-14-11-20(12-15-35)29-33-26(27-28(30)31-13-16-36(27)29)24-18-21-5-3-4-6-23(21)32-24;1-33(2)21-9-7-19(8-10-21)28(36)34-14-11-18(12-15-34)27-32-24(25-26(29)30-13-16-35(25)27)23-17-20-5-3-4-6-22(20)31-23;27-24-23-22(21-16-19-8-4-5-9-20(19)29-21)30-25(32(23)15-12-28-24)17-10-13-31(14-11-17)26(33)18-6-2-1-3-7-18/h3-10,13,16,18,20,32H,11-12,14-15,17H2,1-2H3,(H2,30,31);3-10,13,16-18,31H,11-12,14-15H2,1-2H3,(H2,29,30);4-5,8-9,12,15-18,29H,1-3,6-7,10-11,13-14H2,(H2,27,28). The summed E-state index contributed by atoms with van der Waals surface area (Å²) >= 11 is 0. The molecule has 3 saturated heterocycles. The number of nitrogens with one attached hydrogen (secondary N) is 3. The molecule has 1 aliphatic carbocycles. The summed E-state index contributed by atoms with van der Waals surface area (Å²) < 4.78 is 6.26. The van der Waals surface area contributed by atoms with E-state index in [0.29, 0.717) is 42.9 Å². The van der Waals surface area contributed by atoms with E-state index in [1.807, 2.05) is 134 Å². The van der Waals surface area contributed by atoms with Crippen molar-refractivity contribution in [2.75, 3.05) is 94.5 Å². The van der Waals surface area contributed by atoms with Crippen LogP contribution in [0.4, 0.5) is 28.8 Å². The quantitative estimate of drug-likeness (QED) is 0.0663. The summed E-state index contributed by atoms with van der Waals surface area (Å²) in [5.41, 5.74) is 34.0. The number of carbonyl (C=O) groups is 3. The normalized spacial score (nSPS) is 15.7. The molecular formula is C83H90N20O3. The van der Waals surface area contributed by atoms with Crippen molar-refractivity contribution in [2.45, 2.75) is 94.8 Å². The number of anilines is 5. The van der Waals surface area contributed by atoms with Crippen molar-refractivity contribution < 1.29 is 14.4 Å². The minimum Gasteiger partial charge on any atom is -0.382 e. The Labute approximate surface area is 614 Å². The first-order valence-corrected chi connectivity index (χ1v) is 37.2. The number of amides is 3. The Balaban J connectivity index is 0.000000122. The van der Waals surface area contributed by atoms with Crippen LogP contribution < -0.4 is 27.0 Å². The third-order valence-electron chi connectivity index (χ3n) is 22.1. The van der Waals surface area contributed by atoms with E-state index in [0.717, 1.165) is 201 Å². The van der Waals surface area contributed by atoms with Crippen molar-refractivity contribution in [3.05, 3.63) is 205 Å². The summed E-state index contributed by atoms with van der Waals surface area (Å²) in [6.45, 7) is 4.42. The number of rotatable bonds is 12. The van der Waals surface area contributed by atoms with Gasteiger partial charge in [-0.2, -0.15) is 0 Å². The van der Waals surface area contributed by atoms with Gasteiger partial charge in [0.1, 0.15) is 68.6 Å². The van der Waals surface area contributed by atoms with Gasteiger partial charge in [0.2, 0.25) is 11.8 Å². The molecule has 12 heterocycles. The summed E-state index contributed by atoms with van der Waals surface area (Å²) in [4.78, 5) is 88.1. The highest BCUT2D eigenvalue weighted by Crippen LogP contribution is 2.40. The number of nitrogens with two attached hydrogens (primary N) is 3. The fourth-order valence-corrected chi connectivity index (χ4v) is 16.3. The predicted molar refractivity (Wildman–Crippen MR) is 421 cm³/mol. The fraction of sp³-hybridized carbons (Fsp3) is 0.313. The van der Waals surface area contributed by atoms with Crippen molar-refractivity contribution in [3.8, 4) is 34.2 Å².